The predicted octanol–water partition coefficient (Wildman–Crippen LogP) is 4.17. The number of carbonyl (C=O) groups excluding carboxylic acids is 1. The topological polar surface area (TPSA) is 65.2 Å². The van der Waals surface area contributed by atoms with Crippen LogP contribution in [0.25, 0.3) is 11.1 Å². The summed E-state index contributed by atoms with van der Waals surface area (Å²) >= 11 is 6.17. The highest BCUT2D eigenvalue weighted by Gasteiger charge is 2.24. The second kappa shape index (κ2) is 7.54. The molecule has 1 heterocycles. The fourth-order valence-corrected chi connectivity index (χ4v) is 3.12. The van der Waals surface area contributed by atoms with Crippen LogP contribution in [0.1, 0.15) is 17.0 Å². The van der Waals surface area contributed by atoms with Gasteiger partial charge in [0.1, 0.15) is 11.6 Å². The fraction of sp³-hybridized carbons (Fsp3) is 0.100. The maximum absolute atomic E-state index is 13.7. The maximum Gasteiger partial charge on any atom is 0.229 e. The Hall–Kier alpha value is -2.92. The molecule has 0 bridgehead atoms. The number of rotatable bonds is 5. The molecule has 0 fully saturated rings. The van der Waals surface area contributed by atoms with Crippen molar-refractivity contribution in [1.29, 1.82) is 0 Å². The van der Waals surface area contributed by atoms with Crippen LogP contribution in [-0.2, 0) is 4.79 Å². The van der Waals surface area contributed by atoms with E-state index in [-0.39, 0.29) is 5.02 Å². The van der Waals surface area contributed by atoms with Gasteiger partial charge in [-0.3, -0.25) is 9.78 Å². The van der Waals surface area contributed by atoms with E-state index in [2.05, 4.69) is 4.98 Å². The molecule has 2 N–H and O–H groups in total. The van der Waals surface area contributed by atoms with Crippen molar-refractivity contribution < 1.29 is 13.9 Å². The monoisotopic (exact) mass is 370 g/mol. The van der Waals surface area contributed by atoms with Crippen molar-refractivity contribution in [3.8, 4) is 16.9 Å². The highest BCUT2D eigenvalue weighted by molar-refractivity contribution is 6.31. The average molecular weight is 371 g/mol. The molecule has 0 aliphatic carbocycles. The number of hydrogen-bond donors (Lipinski definition) is 1. The number of hydrogen-bond acceptors (Lipinski definition) is 3. The van der Waals surface area contributed by atoms with Crippen molar-refractivity contribution in [2.75, 3.05) is 7.11 Å². The Morgan fingerprint density at radius 2 is 1.88 bits per heavy atom. The molecule has 0 saturated carbocycles. The summed E-state index contributed by atoms with van der Waals surface area (Å²) in [6.45, 7) is 0. The van der Waals surface area contributed by atoms with Gasteiger partial charge in [-0.2, -0.15) is 0 Å². The smallest absolute Gasteiger partial charge is 0.229 e. The first-order valence-corrected chi connectivity index (χ1v) is 8.21. The van der Waals surface area contributed by atoms with E-state index in [0.29, 0.717) is 16.9 Å². The van der Waals surface area contributed by atoms with Gasteiger partial charge in [0.15, 0.2) is 0 Å². The van der Waals surface area contributed by atoms with E-state index in [9.17, 15) is 9.18 Å². The van der Waals surface area contributed by atoms with Crippen LogP contribution < -0.4 is 10.5 Å². The Morgan fingerprint density at radius 1 is 1.15 bits per heavy atom. The molecule has 1 unspecified atom stereocenters. The summed E-state index contributed by atoms with van der Waals surface area (Å²) < 4.78 is 19.2. The van der Waals surface area contributed by atoms with Gasteiger partial charge in [0.25, 0.3) is 0 Å². The van der Waals surface area contributed by atoms with E-state index in [4.69, 9.17) is 22.1 Å². The molecule has 1 atom stereocenters. The number of amides is 1. The van der Waals surface area contributed by atoms with Gasteiger partial charge >= 0.3 is 0 Å². The van der Waals surface area contributed by atoms with Crippen LogP contribution >= 0.6 is 11.6 Å². The zero-order valence-electron chi connectivity index (χ0n) is 13.9. The van der Waals surface area contributed by atoms with Crippen molar-refractivity contribution in [2.24, 2.45) is 5.73 Å². The lowest BCUT2D eigenvalue weighted by Gasteiger charge is -2.18. The van der Waals surface area contributed by atoms with Crippen LogP contribution in [0.3, 0.4) is 0 Å². The van der Waals surface area contributed by atoms with E-state index >= 15 is 0 Å². The number of primary amides is 1. The molecule has 1 aromatic heterocycles. The van der Waals surface area contributed by atoms with Crippen LogP contribution in [0.4, 0.5) is 4.39 Å². The number of nitrogens with zero attached hydrogens (tertiary/aromatic N) is 1. The van der Waals surface area contributed by atoms with Crippen molar-refractivity contribution in [2.45, 2.75) is 5.92 Å². The third-order valence-corrected chi connectivity index (χ3v) is 4.45. The largest absolute Gasteiger partial charge is 0.496 e. The number of ether oxygens (including phenoxy) is 1. The fourth-order valence-electron chi connectivity index (χ4n) is 2.89. The van der Waals surface area contributed by atoms with E-state index in [1.807, 2.05) is 18.2 Å². The Morgan fingerprint density at radius 3 is 2.54 bits per heavy atom. The van der Waals surface area contributed by atoms with Crippen molar-refractivity contribution in [3.63, 3.8) is 0 Å². The molecule has 0 spiro atoms. The molecule has 0 aliphatic rings. The molecule has 1 amide bonds. The summed E-state index contributed by atoms with van der Waals surface area (Å²) in [5.74, 6) is -1.45. The van der Waals surface area contributed by atoms with Gasteiger partial charge in [0.05, 0.1) is 13.0 Å². The van der Waals surface area contributed by atoms with Crippen LogP contribution in [0, 0.1) is 5.82 Å². The summed E-state index contributed by atoms with van der Waals surface area (Å²) in [5, 5.41) is 0.271. The van der Waals surface area contributed by atoms with E-state index < -0.39 is 17.6 Å². The summed E-state index contributed by atoms with van der Waals surface area (Å²) in [5.41, 5.74) is 8.24. The van der Waals surface area contributed by atoms with Gasteiger partial charge in [-0.1, -0.05) is 23.7 Å². The summed E-state index contributed by atoms with van der Waals surface area (Å²) in [7, 11) is 1.54. The number of nitrogens with two attached hydrogens (primary N) is 1. The normalized spacial score (nSPS) is 11.8. The maximum atomic E-state index is 13.7. The first-order valence-electron chi connectivity index (χ1n) is 7.84. The number of methoxy groups -OCH3 is 1. The SMILES string of the molecule is COc1cc(C(C(N)=O)c2cc(F)ccc2Cl)ccc1-c1ccncc1. The Kier molecular flexibility index (Phi) is 5.19. The van der Waals surface area contributed by atoms with E-state index in [1.54, 1.807) is 24.5 Å². The number of benzene rings is 2. The average Bonchev–Trinajstić information content (AvgIpc) is 2.65. The lowest BCUT2D eigenvalue weighted by atomic mass is 9.89. The molecule has 132 valence electrons. The minimum absolute atomic E-state index is 0.271. The van der Waals surface area contributed by atoms with E-state index in [0.717, 1.165) is 11.1 Å². The molecule has 2 aromatic carbocycles. The number of aromatic nitrogens is 1. The van der Waals surface area contributed by atoms with Crippen LogP contribution in [0.15, 0.2) is 60.9 Å². The molecule has 26 heavy (non-hydrogen) atoms. The molecule has 0 radical (unpaired) electrons. The highest BCUT2D eigenvalue weighted by atomic mass is 35.5. The van der Waals surface area contributed by atoms with Crippen molar-refractivity contribution in [3.05, 3.63) is 82.9 Å². The van der Waals surface area contributed by atoms with Gasteiger partial charge < -0.3 is 10.5 Å². The zero-order chi connectivity index (χ0) is 18.7. The molecule has 0 aliphatic heterocycles. The van der Waals surface area contributed by atoms with Crippen LogP contribution in [-0.4, -0.2) is 18.0 Å². The zero-order valence-corrected chi connectivity index (χ0v) is 14.7. The standard InChI is InChI=1S/C20H16ClFN2O2/c1-26-18-10-13(2-4-15(18)12-6-8-24-9-7-12)19(20(23)25)16-11-14(22)3-5-17(16)21/h2-11,19H,1H3,(H2,23,25). The van der Waals surface area contributed by atoms with Gasteiger partial charge in [-0.05, 0) is 53.1 Å². The van der Waals surface area contributed by atoms with Crippen molar-refractivity contribution >= 4 is 17.5 Å². The predicted molar refractivity (Wildman–Crippen MR) is 98.7 cm³/mol. The molecule has 0 saturated heterocycles. The van der Waals surface area contributed by atoms with Gasteiger partial charge in [-0.15, -0.1) is 0 Å². The number of halogens is 2. The summed E-state index contributed by atoms with van der Waals surface area (Å²) in [6, 6.07) is 12.9. The second-order valence-electron chi connectivity index (χ2n) is 5.70. The molecular formula is C20H16ClFN2O2. The minimum atomic E-state index is -0.890. The first kappa shape index (κ1) is 17.9. The molecule has 6 heteroatoms. The quantitative estimate of drug-likeness (QED) is 0.733. The van der Waals surface area contributed by atoms with Gasteiger partial charge in [-0.25, -0.2) is 4.39 Å². The minimum Gasteiger partial charge on any atom is -0.496 e. The molecule has 3 rings (SSSR count). The lowest BCUT2D eigenvalue weighted by Crippen LogP contribution is -2.23. The van der Waals surface area contributed by atoms with Crippen LogP contribution in [0.5, 0.6) is 5.75 Å². The van der Waals surface area contributed by atoms with E-state index in [1.165, 1.54) is 25.3 Å². The van der Waals surface area contributed by atoms with Crippen molar-refractivity contribution in [1.82, 2.24) is 4.98 Å². The lowest BCUT2D eigenvalue weighted by molar-refractivity contribution is -0.118. The Bertz CT molecular complexity index is 948. The van der Waals surface area contributed by atoms with Gasteiger partial charge in [0, 0.05) is 23.0 Å². The summed E-state index contributed by atoms with van der Waals surface area (Å²) in [4.78, 5) is 16.1. The molecular weight excluding hydrogens is 355 g/mol. The van der Waals surface area contributed by atoms with Gasteiger partial charge in [0.2, 0.25) is 5.91 Å². The first-order chi connectivity index (χ1) is 12.5. The number of pyridine rings is 1. The second-order valence-corrected chi connectivity index (χ2v) is 6.10. The van der Waals surface area contributed by atoms with Crippen LogP contribution in [0.2, 0.25) is 5.02 Å². The highest BCUT2D eigenvalue weighted by Crippen LogP contribution is 2.36. The third-order valence-electron chi connectivity index (χ3n) is 4.10. The third kappa shape index (κ3) is 3.53. The Labute approximate surface area is 155 Å². The molecule has 4 nitrogen and oxygen atoms in total. The molecule has 3 aromatic rings. The number of carbonyl (C=O) groups is 1. The summed E-state index contributed by atoms with van der Waals surface area (Å²) in [6.07, 6.45) is 3.36. The Balaban J connectivity index is 2.12.